The molecule has 0 spiro atoms. The molecule has 9 heteroatoms. The smallest absolute Gasteiger partial charge is 0.407 e. The lowest BCUT2D eigenvalue weighted by Gasteiger charge is -2.19. The van der Waals surface area contributed by atoms with Gasteiger partial charge in [0.2, 0.25) is 0 Å². The highest BCUT2D eigenvalue weighted by Gasteiger charge is 2.17. The van der Waals surface area contributed by atoms with Crippen LogP contribution in [0.4, 0.5) is 4.79 Å². The zero-order valence-corrected chi connectivity index (χ0v) is 26.1. The number of carbonyl (C=O) groups is 2. The van der Waals surface area contributed by atoms with E-state index in [2.05, 4.69) is 21.2 Å². The number of esters is 1. The van der Waals surface area contributed by atoms with Gasteiger partial charge in [0.25, 0.3) is 0 Å². The molecule has 1 aromatic heterocycles. The fraction of sp³-hybridized carbons (Fsp3) is 0.333. The molecule has 0 bridgehead atoms. The molecule has 1 heterocycles. The molecule has 0 fully saturated rings. The van der Waals surface area contributed by atoms with Gasteiger partial charge in [0, 0.05) is 34.6 Å². The van der Waals surface area contributed by atoms with E-state index in [1.165, 1.54) is 0 Å². The topological polar surface area (TPSA) is 96.2 Å². The molecule has 42 heavy (non-hydrogen) atoms. The SMILES string of the molecule is CCOC(=O)Cc1ccc(Br)cc1OCc1cc(-c2cccc(CNC(=O)OC(C)(C)C)c2)c2oc(COC)cc2c1. The van der Waals surface area contributed by atoms with Crippen LogP contribution in [0.2, 0.25) is 0 Å². The normalized spacial score (nSPS) is 11.4. The molecule has 3 aromatic carbocycles. The lowest BCUT2D eigenvalue weighted by Crippen LogP contribution is -2.32. The maximum absolute atomic E-state index is 12.2. The molecule has 0 aliphatic carbocycles. The molecule has 0 saturated carbocycles. The van der Waals surface area contributed by atoms with E-state index in [1.807, 2.05) is 81.4 Å². The molecule has 0 aliphatic rings. The maximum Gasteiger partial charge on any atom is 0.407 e. The largest absolute Gasteiger partial charge is 0.489 e. The van der Waals surface area contributed by atoms with Gasteiger partial charge in [-0.15, -0.1) is 0 Å². The van der Waals surface area contributed by atoms with Gasteiger partial charge in [-0.2, -0.15) is 0 Å². The number of alkyl carbamates (subject to hydrolysis) is 1. The number of amides is 1. The first-order valence-corrected chi connectivity index (χ1v) is 14.5. The van der Waals surface area contributed by atoms with Gasteiger partial charge in [-0.3, -0.25) is 4.79 Å². The first kappa shape index (κ1) is 31.1. The second-order valence-corrected chi connectivity index (χ2v) is 11.7. The Bertz CT molecular complexity index is 1550. The molecule has 0 unspecified atom stereocenters. The summed E-state index contributed by atoms with van der Waals surface area (Å²) in [7, 11) is 1.63. The highest BCUT2D eigenvalue weighted by Crippen LogP contribution is 2.34. The highest BCUT2D eigenvalue weighted by molar-refractivity contribution is 9.10. The zero-order chi connectivity index (χ0) is 30.3. The molecule has 0 radical (unpaired) electrons. The van der Waals surface area contributed by atoms with Crippen LogP contribution in [0.3, 0.4) is 0 Å². The summed E-state index contributed by atoms with van der Waals surface area (Å²) in [5.41, 5.74) is 4.54. The van der Waals surface area contributed by atoms with Crippen LogP contribution in [-0.4, -0.2) is 31.4 Å². The van der Waals surface area contributed by atoms with E-state index in [1.54, 1.807) is 14.0 Å². The second kappa shape index (κ2) is 13.9. The molecule has 0 saturated heterocycles. The number of methoxy groups -OCH3 is 1. The summed E-state index contributed by atoms with van der Waals surface area (Å²) in [6.07, 6.45) is -0.355. The Kier molecular flexibility index (Phi) is 10.3. The van der Waals surface area contributed by atoms with Gasteiger partial charge in [-0.05, 0) is 80.8 Å². The van der Waals surface area contributed by atoms with Crippen molar-refractivity contribution in [1.82, 2.24) is 5.32 Å². The van der Waals surface area contributed by atoms with Gasteiger partial charge < -0.3 is 28.7 Å². The van der Waals surface area contributed by atoms with Crippen molar-refractivity contribution in [3.8, 4) is 16.9 Å². The molecule has 1 N–H and O–H groups in total. The monoisotopic (exact) mass is 637 g/mol. The van der Waals surface area contributed by atoms with E-state index >= 15 is 0 Å². The number of benzene rings is 3. The van der Waals surface area contributed by atoms with E-state index in [9.17, 15) is 9.59 Å². The third kappa shape index (κ3) is 8.59. The molecule has 1 amide bonds. The van der Waals surface area contributed by atoms with Crippen molar-refractivity contribution in [2.45, 2.75) is 59.5 Å². The second-order valence-electron chi connectivity index (χ2n) is 10.8. The van der Waals surface area contributed by atoms with Crippen LogP contribution in [0, 0.1) is 0 Å². The molecule has 0 aliphatic heterocycles. The van der Waals surface area contributed by atoms with Crippen LogP contribution in [-0.2, 0) is 45.2 Å². The van der Waals surface area contributed by atoms with Crippen molar-refractivity contribution in [3.63, 3.8) is 0 Å². The van der Waals surface area contributed by atoms with Crippen LogP contribution >= 0.6 is 15.9 Å². The molecule has 0 atom stereocenters. The van der Waals surface area contributed by atoms with Crippen molar-refractivity contribution in [3.05, 3.63) is 87.6 Å². The molecule has 4 aromatic rings. The number of hydrogen-bond donors (Lipinski definition) is 1. The summed E-state index contributed by atoms with van der Waals surface area (Å²) in [5.74, 6) is 0.998. The van der Waals surface area contributed by atoms with Gasteiger partial charge in [0.1, 0.15) is 35.9 Å². The van der Waals surface area contributed by atoms with Crippen molar-refractivity contribution < 1.29 is 33.0 Å². The van der Waals surface area contributed by atoms with Crippen LogP contribution in [0.15, 0.2) is 69.6 Å². The highest BCUT2D eigenvalue weighted by atomic mass is 79.9. The number of hydrogen-bond acceptors (Lipinski definition) is 7. The Morgan fingerprint density at radius 1 is 0.976 bits per heavy atom. The summed E-state index contributed by atoms with van der Waals surface area (Å²) in [4.78, 5) is 24.4. The summed E-state index contributed by atoms with van der Waals surface area (Å²) < 4.78 is 29.1. The van der Waals surface area contributed by atoms with Crippen molar-refractivity contribution in [2.24, 2.45) is 0 Å². The number of rotatable bonds is 11. The average molecular weight is 639 g/mol. The minimum Gasteiger partial charge on any atom is -0.489 e. The lowest BCUT2D eigenvalue weighted by molar-refractivity contribution is -0.142. The van der Waals surface area contributed by atoms with E-state index in [0.717, 1.165) is 43.3 Å². The molecular weight excluding hydrogens is 602 g/mol. The van der Waals surface area contributed by atoms with Crippen molar-refractivity contribution in [1.29, 1.82) is 0 Å². The number of halogens is 1. The summed E-state index contributed by atoms with van der Waals surface area (Å²) in [5, 5.41) is 3.73. The molecular formula is C33H36BrNO7. The molecule has 4 rings (SSSR count). The lowest BCUT2D eigenvalue weighted by atomic mass is 9.99. The minimum atomic E-state index is -0.575. The van der Waals surface area contributed by atoms with Gasteiger partial charge in [-0.1, -0.05) is 40.2 Å². The van der Waals surface area contributed by atoms with Crippen molar-refractivity contribution in [2.75, 3.05) is 13.7 Å². The number of ether oxygens (including phenoxy) is 4. The fourth-order valence-corrected chi connectivity index (χ4v) is 4.79. The van der Waals surface area contributed by atoms with E-state index in [0.29, 0.717) is 31.3 Å². The number of furan rings is 1. The summed E-state index contributed by atoms with van der Waals surface area (Å²) >= 11 is 3.50. The fourth-order valence-electron chi connectivity index (χ4n) is 4.45. The third-order valence-corrected chi connectivity index (χ3v) is 6.64. The first-order valence-electron chi connectivity index (χ1n) is 13.7. The van der Waals surface area contributed by atoms with Gasteiger partial charge in [0.15, 0.2) is 0 Å². The average Bonchev–Trinajstić information content (AvgIpc) is 3.33. The predicted octanol–water partition coefficient (Wildman–Crippen LogP) is 7.72. The maximum atomic E-state index is 12.2. The Morgan fingerprint density at radius 3 is 2.52 bits per heavy atom. The number of nitrogens with one attached hydrogen (secondary N) is 1. The Labute approximate surface area is 254 Å². The first-order chi connectivity index (χ1) is 20.0. The third-order valence-electron chi connectivity index (χ3n) is 6.15. The summed E-state index contributed by atoms with van der Waals surface area (Å²) in [6.45, 7) is 8.51. The zero-order valence-electron chi connectivity index (χ0n) is 24.5. The van der Waals surface area contributed by atoms with Gasteiger partial charge in [0.05, 0.1) is 13.0 Å². The Balaban J connectivity index is 1.63. The van der Waals surface area contributed by atoms with Crippen LogP contribution in [0.25, 0.3) is 22.1 Å². The molecule has 8 nitrogen and oxygen atoms in total. The predicted molar refractivity (Wildman–Crippen MR) is 164 cm³/mol. The molecule has 222 valence electrons. The quantitative estimate of drug-likeness (QED) is 0.168. The Morgan fingerprint density at radius 2 is 1.79 bits per heavy atom. The van der Waals surface area contributed by atoms with Crippen LogP contribution in [0.1, 0.15) is 50.1 Å². The minimum absolute atomic E-state index is 0.118. The summed E-state index contributed by atoms with van der Waals surface area (Å²) in [6, 6.07) is 19.5. The van der Waals surface area contributed by atoms with Crippen molar-refractivity contribution >= 4 is 39.0 Å². The van der Waals surface area contributed by atoms with Gasteiger partial charge in [-0.25, -0.2) is 4.79 Å². The van der Waals surface area contributed by atoms with E-state index < -0.39 is 11.7 Å². The van der Waals surface area contributed by atoms with Gasteiger partial charge >= 0.3 is 12.1 Å². The number of fused-ring (bicyclic) bond motifs is 1. The standard InChI is InChI=1S/C33H36BrNO7/c1-6-39-30(36)16-24-10-11-26(34)17-29(24)40-19-22-13-25-15-27(20-38-5)41-31(25)28(14-22)23-9-7-8-21(12-23)18-35-32(37)42-33(2,3)4/h7-15,17H,6,16,18-20H2,1-5H3,(H,35,37). The van der Waals surface area contributed by atoms with E-state index in [4.69, 9.17) is 23.4 Å². The van der Waals surface area contributed by atoms with Crippen LogP contribution in [0.5, 0.6) is 5.75 Å². The Hall–Kier alpha value is -3.82. The van der Waals surface area contributed by atoms with E-state index in [-0.39, 0.29) is 19.0 Å². The number of carbonyl (C=O) groups excluding carboxylic acids is 2. The van der Waals surface area contributed by atoms with Crippen LogP contribution < -0.4 is 10.1 Å².